The second-order valence-corrected chi connectivity index (χ2v) is 7.54. The third-order valence-electron chi connectivity index (χ3n) is 4.01. The Kier molecular flexibility index (Phi) is 17.8. The summed E-state index contributed by atoms with van der Waals surface area (Å²) in [5.41, 5.74) is -0.546. The van der Waals surface area contributed by atoms with Gasteiger partial charge < -0.3 is 10.4 Å². The monoisotopic (exact) mass is 399 g/mol. The van der Waals surface area contributed by atoms with Gasteiger partial charge in [0, 0.05) is 6.42 Å². The van der Waals surface area contributed by atoms with Gasteiger partial charge >= 0.3 is 0 Å². The van der Waals surface area contributed by atoms with Crippen LogP contribution in [0.1, 0.15) is 72.1 Å². The highest BCUT2D eigenvalue weighted by Crippen LogP contribution is 2.02. The Hall–Kier alpha value is -2.13. The van der Waals surface area contributed by atoms with Crippen molar-refractivity contribution >= 4 is 5.91 Å². The van der Waals surface area contributed by atoms with Gasteiger partial charge in [0.2, 0.25) is 5.91 Å². The van der Waals surface area contributed by atoms with Crippen LogP contribution in [-0.2, 0) is 4.79 Å². The highest BCUT2D eigenvalue weighted by atomic mass is 16.3. The number of allylic oxidation sites excluding steroid dienone is 12. The van der Waals surface area contributed by atoms with Gasteiger partial charge in [0.25, 0.3) is 0 Å². The molecule has 0 saturated heterocycles. The van der Waals surface area contributed by atoms with Crippen molar-refractivity contribution in [2.24, 2.45) is 0 Å². The van der Waals surface area contributed by atoms with Crippen LogP contribution >= 0.6 is 0 Å². The number of carbonyl (C=O) groups excluding carboxylic acids is 1. The maximum Gasteiger partial charge on any atom is 0.220 e. The Balaban J connectivity index is 3.66. The average molecular weight is 400 g/mol. The van der Waals surface area contributed by atoms with Gasteiger partial charge in [-0.3, -0.25) is 4.79 Å². The molecular formula is C26H41NO2. The van der Waals surface area contributed by atoms with Crippen molar-refractivity contribution < 1.29 is 9.90 Å². The van der Waals surface area contributed by atoms with E-state index in [0.717, 1.165) is 44.9 Å². The zero-order valence-corrected chi connectivity index (χ0v) is 18.6. The number of nitrogens with one attached hydrogen (secondary N) is 1. The normalized spacial score (nSPS) is 13.4. The average Bonchev–Trinajstić information content (AvgIpc) is 2.69. The molecule has 0 atom stereocenters. The molecule has 29 heavy (non-hydrogen) atoms. The summed E-state index contributed by atoms with van der Waals surface area (Å²) in [6.45, 7) is 5.71. The van der Waals surface area contributed by atoms with Crippen molar-refractivity contribution in [1.29, 1.82) is 0 Å². The standard InChI is InChI=1S/C26H41NO2/c1-4-5-6-7-8-9-10-11-12-13-14-15-16-17-18-19-20-21-22-23-25(29)27-26(2,3)24-28/h5-6,8-9,11-12,14-15,17-18,20-21,28H,4,7,10,13,16,19,22-24H2,1-3H3,(H,27,29)/b6-5-,9-8-,12-11-,15-14-,18-17-,21-20-. The first-order valence-electron chi connectivity index (χ1n) is 10.8. The van der Waals surface area contributed by atoms with Crippen LogP contribution in [0.15, 0.2) is 72.9 Å². The molecule has 0 saturated carbocycles. The molecular weight excluding hydrogens is 358 g/mol. The lowest BCUT2D eigenvalue weighted by atomic mass is 10.1. The largest absolute Gasteiger partial charge is 0.394 e. The van der Waals surface area contributed by atoms with Crippen molar-refractivity contribution in [3.05, 3.63) is 72.9 Å². The van der Waals surface area contributed by atoms with E-state index in [2.05, 4.69) is 79.1 Å². The molecule has 0 fully saturated rings. The minimum absolute atomic E-state index is 0.0245. The van der Waals surface area contributed by atoms with Crippen molar-refractivity contribution in [3.8, 4) is 0 Å². The first-order valence-corrected chi connectivity index (χ1v) is 10.8. The lowest BCUT2D eigenvalue weighted by molar-refractivity contribution is -0.123. The number of aliphatic hydroxyl groups excluding tert-OH is 1. The number of hydrogen-bond donors (Lipinski definition) is 2. The highest BCUT2D eigenvalue weighted by Gasteiger charge is 2.17. The molecule has 0 aromatic heterocycles. The molecule has 0 unspecified atom stereocenters. The number of amides is 1. The molecule has 162 valence electrons. The van der Waals surface area contributed by atoms with Crippen LogP contribution in [0.3, 0.4) is 0 Å². The quantitative estimate of drug-likeness (QED) is 0.297. The lowest BCUT2D eigenvalue weighted by Crippen LogP contribution is -2.46. The smallest absolute Gasteiger partial charge is 0.220 e. The Morgan fingerprint density at radius 1 is 0.724 bits per heavy atom. The van der Waals surface area contributed by atoms with E-state index in [1.807, 2.05) is 19.9 Å². The van der Waals surface area contributed by atoms with Gasteiger partial charge in [0.1, 0.15) is 0 Å². The molecule has 2 N–H and O–H groups in total. The van der Waals surface area contributed by atoms with Crippen molar-refractivity contribution in [2.75, 3.05) is 6.61 Å². The van der Waals surface area contributed by atoms with Gasteiger partial charge in [-0.15, -0.1) is 0 Å². The molecule has 0 radical (unpaired) electrons. The van der Waals surface area contributed by atoms with E-state index >= 15 is 0 Å². The van der Waals surface area contributed by atoms with E-state index < -0.39 is 5.54 Å². The molecule has 0 aliphatic carbocycles. The molecule has 0 spiro atoms. The van der Waals surface area contributed by atoms with Crippen LogP contribution in [0, 0.1) is 0 Å². The first-order chi connectivity index (χ1) is 14.0. The van der Waals surface area contributed by atoms with E-state index in [9.17, 15) is 4.79 Å². The zero-order valence-electron chi connectivity index (χ0n) is 18.6. The lowest BCUT2D eigenvalue weighted by Gasteiger charge is -2.23. The van der Waals surface area contributed by atoms with Crippen LogP contribution in [-0.4, -0.2) is 23.2 Å². The van der Waals surface area contributed by atoms with Gasteiger partial charge in [-0.25, -0.2) is 0 Å². The number of rotatable bonds is 16. The third kappa shape index (κ3) is 20.4. The molecule has 0 aromatic carbocycles. The van der Waals surface area contributed by atoms with E-state index in [0.29, 0.717) is 6.42 Å². The summed E-state index contributed by atoms with van der Waals surface area (Å²) in [5, 5.41) is 11.9. The Morgan fingerprint density at radius 2 is 1.10 bits per heavy atom. The Bertz CT molecular complexity index is 578. The molecule has 0 aliphatic heterocycles. The van der Waals surface area contributed by atoms with Crippen LogP contribution in [0.5, 0.6) is 0 Å². The number of aliphatic hydroxyl groups is 1. The minimum atomic E-state index is -0.546. The predicted molar refractivity (Wildman–Crippen MR) is 127 cm³/mol. The van der Waals surface area contributed by atoms with Gasteiger partial charge in [0.05, 0.1) is 12.1 Å². The highest BCUT2D eigenvalue weighted by molar-refractivity contribution is 5.76. The van der Waals surface area contributed by atoms with E-state index in [-0.39, 0.29) is 12.5 Å². The Morgan fingerprint density at radius 3 is 1.48 bits per heavy atom. The summed E-state index contributed by atoms with van der Waals surface area (Å²) < 4.78 is 0. The molecule has 3 heteroatoms. The van der Waals surface area contributed by atoms with Crippen molar-refractivity contribution in [3.63, 3.8) is 0 Å². The molecule has 3 nitrogen and oxygen atoms in total. The molecule has 0 bridgehead atoms. The fourth-order valence-electron chi connectivity index (χ4n) is 2.33. The van der Waals surface area contributed by atoms with Crippen LogP contribution in [0.2, 0.25) is 0 Å². The SMILES string of the molecule is CC/C=C\C/C=C\C/C=C\C/C=C\C/C=C\C/C=C\CCC(=O)NC(C)(C)CO. The number of hydrogen-bond acceptors (Lipinski definition) is 2. The summed E-state index contributed by atoms with van der Waals surface area (Å²) in [7, 11) is 0. The Labute approximate surface area is 178 Å². The molecule has 0 rings (SSSR count). The minimum Gasteiger partial charge on any atom is -0.394 e. The fraction of sp³-hybridized carbons (Fsp3) is 0.500. The predicted octanol–water partition coefficient (Wildman–Crippen LogP) is 6.35. The fourth-order valence-corrected chi connectivity index (χ4v) is 2.33. The molecule has 1 amide bonds. The van der Waals surface area contributed by atoms with Gasteiger partial charge in [0.15, 0.2) is 0 Å². The van der Waals surface area contributed by atoms with E-state index in [4.69, 9.17) is 5.11 Å². The zero-order chi connectivity index (χ0) is 21.6. The van der Waals surface area contributed by atoms with Gasteiger partial charge in [-0.05, 0) is 58.8 Å². The van der Waals surface area contributed by atoms with Crippen LogP contribution < -0.4 is 5.32 Å². The maximum atomic E-state index is 11.7. The summed E-state index contributed by atoms with van der Waals surface area (Å²) in [6.07, 6.45) is 33.1. The molecule has 0 heterocycles. The van der Waals surface area contributed by atoms with Gasteiger partial charge in [-0.2, -0.15) is 0 Å². The summed E-state index contributed by atoms with van der Waals surface area (Å²) in [5.74, 6) is -0.0245. The maximum absolute atomic E-state index is 11.7. The molecule has 0 aliphatic rings. The topological polar surface area (TPSA) is 49.3 Å². The summed E-state index contributed by atoms with van der Waals surface area (Å²) >= 11 is 0. The van der Waals surface area contributed by atoms with E-state index in [1.54, 1.807) is 0 Å². The second-order valence-electron chi connectivity index (χ2n) is 7.54. The van der Waals surface area contributed by atoms with E-state index in [1.165, 1.54) is 0 Å². The van der Waals surface area contributed by atoms with Gasteiger partial charge in [-0.1, -0.05) is 79.8 Å². The van der Waals surface area contributed by atoms with Crippen LogP contribution in [0.25, 0.3) is 0 Å². The number of carbonyl (C=O) groups is 1. The third-order valence-corrected chi connectivity index (χ3v) is 4.01. The molecule has 0 aromatic rings. The van der Waals surface area contributed by atoms with Crippen molar-refractivity contribution in [1.82, 2.24) is 5.32 Å². The first kappa shape index (κ1) is 26.9. The second kappa shape index (κ2) is 19.2. The summed E-state index contributed by atoms with van der Waals surface area (Å²) in [6, 6.07) is 0. The van der Waals surface area contributed by atoms with Crippen LogP contribution in [0.4, 0.5) is 0 Å². The van der Waals surface area contributed by atoms with Crippen molar-refractivity contribution in [2.45, 2.75) is 77.7 Å². The summed E-state index contributed by atoms with van der Waals surface area (Å²) in [4.78, 5) is 11.7.